The highest BCUT2D eigenvalue weighted by Gasteiger charge is 2.55. The van der Waals surface area contributed by atoms with E-state index < -0.39 is 11.7 Å². The lowest BCUT2D eigenvalue weighted by atomic mass is 9.89. The maximum atomic E-state index is 11.9. The van der Waals surface area contributed by atoms with E-state index in [-0.39, 0.29) is 24.3 Å². The Hall–Kier alpha value is -1.17. The number of aromatic hydroxyl groups is 1. The molecule has 5 nitrogen and oxygen atoms in total. The van der Waals surface area contributed by atoms with Crippen LogP contribution in [0.2, 0.25) is 10.0 Å². The van der Waals surface area contributed by atoms with Crippen LogP contribution in [0.15, 0.2) is 12.1 Å². The van der Waals surface area contributed by atoms with Gasteiger partial charge in [0.2, 0.25) is 0 Å². The summed E-state index contributed by atoms with van der Waals surface area (Å²) in [6.07, 6.45) is 0.104. The Bertz CT molecular complexity index is 609. The van der Waals surface area contributed by atoms with E-state index in [0.717, 1.165) is 0 Å². The van der Waals surface area contributed by atoms with E-state index in [4.69, 9.17) is 27.9 Å². The molecule has 114 valence electrons. The minimum Gasteiger partial charge on any atom is -0.508 e. The number of phenols is 1. The molecule has 2 N–H and O–H groups in total. The maximum absolute atomic E-state index is 11.9. The molecule has 1 aromatic rings. The van der Waals surface area contributed by atoms with E-state index in [1.54, 1.807) is 11.8 Å². The van der Waals surface area contributed by atoms with E-state index in [1.165, 1.54) is 12.1 Å². The van der Waals surface area contributed by atoms with Gasteiger partial charge in [0.15, 0.2) is 5.60 Å². The number of aliphatic hydroxyl groups excluding tert-OH is 1. The van der Waals surface area contributed by atoms with Gasteiger partial charge in [-0.1, -0.05) is 23.2 Å². The summed E-state index contributed by atoms with van der Waals surface area (Å²) in [5, 5.41) is 20.2. The molecule has 0 bridgehead atoms. The second kappa shape index (κ2) is 4.93. The van der Waals surface area contributed by atoms with Crippen molar-refractivity contribution >= 4 is 29.3 Å². The molecule has 0 spiro atoms. The van der Waals surface area contributed by atoms with Crippen molar-refractivity contribution in [2.24, 2.45) is 0 Å². The first kappa shape index (κ1) is 14.8. The summed E-state index contributed by atoms with van der Waals surface area (Å²) < 4.78 is 5.25. The molecule has 3 rings (SSSR count). The fourth-order valence-corrected chi connectivity index (χ4v) is 3.71. The number of carbonyl (C=O) groups is 1. The zero-order valence-electron chi connectivity index (χ0n) is 11.3. The summed E-state index contributed by atoms with van der Waals surface area (Å²) in [6, 6.07) is 2.79. The zero-order chi connectivity index (χ0) is 15.4. The lowest BCUT2D eigenvalue weighted by Gasteiger charge is -2.25. The second-order valence-corrected chi connectivity index (χ2v) is 6.52. The van der Waals surface area contributed by atoms with Crippen LogP contribution in [0.1, 0.15) is 24.8 Å². The first-order valence-corrected chi connectivity index (χ1v) is 7.40. The maximum Gasteiger partial charge on any atom is 0.410 e. The predicted octanol–water partition coefficient (Wildman–Crippen LogP) is 2.76. The van der Waals surface area contributed by atoms with Gasteiger partial charge >= 0.3 is 6.09 Å². The average Bonchev–Trinajstić information content (AvgIpc) is 2.97. The highest BCUT2D eigenvalue weighted by atomic mass is 35.5. The number of benzene rings is 1. The highest BCUT2D eigenvalue weighted by Crippen LogP contribution is 2.47. The number of halogens is 2. The molecule has 1 aromatic carbocycles. The SMILES string of the molecule is C[C@@]1(CO)OC(=O)N2C[C@@H](c3c(O)ccc(Cl)c3Cl)C[C@H]21. The van der Waals surface area contributed by atoms with Crippen LogP contribution < -0.4 is 0 Å². The Labute approximate surface area is 132 Å². The lowest BCUT2D eigenvalue weighted by molar-refractivity contribution is 0.000607. The van der Waals surface area contributed by atoms with Gasteiger partial charge in [0.1, 0.15) is 5.75 Å². The number of ether oxygens (including phenoxy) is 1. The van der Waals surface area contributed by atoms with Gasteiger partial charge in [-0.2, -0.15) is 0 Å². The van der Waals surface area contributed by atoms with Crippen molar-refractivity contribution < 1.29 is 19.7 Å². The van der Waals surface area contributed by atoms with Crippen LogP contribution in [0.4, 0.5) is 4.79 Å². The number of fused-ring (bicyclic) bond motifs is 1. The van der Waals surface area contributed by atoms with Crippen LogP contribution in [0.5, 0.6) is 5.75 Å². The van der Waals surface area contributed by atoms with Gasteiger partial charge in [-0.3, -0.25) is 0 Å². The monoisotopic (exact) mass is 331 g/mol. The quantitative estimate of drug-likeness (QED) is 0.874. The number of carbonyl (C=O) groups excluding carboxylic acids is 1. The van der Waals surface area contributed by atoms with Gasteiger partial charge in [-0.05, 0) is 25.5 Å². The molecule has 21 heavy (non-hydrogen) atoms. The van der Waals surface area contributed by atoms with E-state index in [0.29, 0.717) is 28.6 Å². The van der Waals surface area contributed by atoms with Crippen molar-refractivity contribution in [1.82, 2.24) is 4.90 Å². The summed E-state index contributed by atoms with van der Waals surface area (Å²) in [7, 11) is 0. The topological polar surface area (TPSA) is 70.0 Å². The van der Waals surface area contributed by atoms with Gasteiger partial charge in [0.05, 0.1) is 22.7 Å². The molecular weight excluding hydrogens is 317 g/mol. The molecule has 0 aliphatic carbocycles. The summed E-state index contributed by atoms with van der Waals surface area (Å²) in [5.74, 6) is -0.0745. The van der Waals surface area contributed by atoms with Crippen molar-refractivity contribution in [2.45, 2.75) is 30.9 Å². The number of hydrogen-bond donors (Lipinski definition) is 2. The van der Waals surface area contributed by atoms with Gasteiger partial charge in [0, 0.05) is 18.0 Å². The minimum atomic E-state index is -0.924. The van der Waals surface area contributed by atoms with E-state index in [9.17, 15) is 15.0 Å². The largest absolute Gasteiger partial charge is 0.508 e. The number of cyclic esters (lactones) is 1. The average molecular weight is 332 g/mol. The third-order valence-electron chi connectivity index (χ3n) is 4.39. The number of amides is 1. The molecule has 1 amide bonds. The molecular formula is C14H15Cl2NO4. The standard InChI is InChI=1S/C14H15Cl2NO4/c1-14(6-18)10-4-7(5-17(10)13(20)21-14)11-9(19)3-2-8(15)12(11)16/h2-3,7,10,18-19H,4-6H2,1H3/t7-,10-,14-/m0/s1. The Morgan fingerprint density at radius 3 is 2.86 bits per heavy atom. The smallest absolute Gasteiger partial charge is 0.410 e. The first-order valence-electron chi connectivity index (χ1n) is 6.64. The molecule has 2 aliphatic heterocycles. The summed E-state index contributed by atoms with van der Waals surface area (Å²) in [4.78, 5) is 13.5. The Morgan fingerprint density at radius 1 is 1.48 bits per heavy atom. The van der Waals surface area contributed by atoms with Crippen molar-refractivity contribution in [2.75, 3.05) is 13.2 Å². The fourth-order valence-electron chi connectivity index (χ4n) is 3.23. The molecule has 2 fully saturated rings. The third kappa shape index (κ3) is 2.15. The number of phenolic OH excluding ortho intramolecular Hbond substituents is 1. The van der Waals surface area contributed by atoms with Crippen LogP contribution in [-0.2, 0) is 4.74 Å². The molecule has 7 heteroatoms. The van der Waals surface area contributed by atoms with Crippen molar-refractivity contribution in [1.29, 1.82) is 0 Å². The van der Waals surface area contributed by atoms with Gasteiger partial charge in [0.25, 0.3) is 0 Å². The Morgan fingerprint density at radius 2 is 2.19 bits per heavy atom. The van der Waals surface area contributed by atoms with Gasteiger partial charge in [-0.15, -0.1) is 0 Å². The molecule has 2 aliphatic rings. The molecule has 2 saturated heterocycles. The molecule has 3 atom stereocenters. The van der Waals surface area contributed by atoms with Crippen LogP contribution in [0, 0.1) is 0 Å². The van der Waals surface area contributed by atoms with Crippen LogP contribution >= 0.6 is 23.2 Å². The number of nitrogens with zero attached hydrogens (tertiary/aromatic N) is 1. The van der Waals surface area contributed by atoms with E-state index in [2.05, 4.69) is 0 Å². The third-order valence-corrected chi connectivity index (χ3v) is 5.21. The number of rotatable bonds is 2. The van der Waals surface area contributed by atoms with Crippen LogP contribution in [0.3, 0.4) is 0 Å². The second-order valence-electron chi connectivity index (χ2n) is 5.73. The van der Waals surface area contributed by atoms with Gasteiger partial charge in [-0.25, -0.2) is 4.79 Å². The molecule has 0 aromatic heterocycles. The highest BCUT2D eigenvalue weighted by molar-refractivity contribution is 6.42. The lowest BCUT2D eigenvalue weighted by Crippen LogP contribution is -2.42. The Balaban J connectivity index is 1.96. The van der Waals surface area contributed by atoms with Crippen molar-refractivity contribution in [3.63, 3.8) is 0 Å². The normalized spacial score (nSPS) is 31.4. The summed E-state index contributed by atoms with van der Waals surface area (Å²) in [6.45, 7) is 1.84. The molecule has 0 unspecified atom stereocenters. The Kier molecular flexibility index (Phi) is 3.47. The zero-order valence-corrected chi connectivity index (χ0v) is 12.9. The number of hydrogen-bond acceptors (Lipinski definition) is 4. The first-order chi connectivity index (χ1) is 9.87. The molecule has 0 saturated carbocycles. The van der Waals surface area contributed by atoms with E-state index in [1.807, 2.05) is 0 Å². The van der Waals surface area contributed by atoms with E-state index >= 15 is 0 Å². The molecule has 2 heterocycles. The summed E-state index contributed by atoms with van der Waals surface area (Å²) >= 11 is 12.2. The predicted molar refractivity (Wildman–Crippen MR) is 78.0 cm³/mol. The van der Waals surface area contributed by atoms with Crippen LogP contribution in [0.25, 0.3) is 0 Å². The fraction of sp³-hybridized carbons (Fsp3) is 0.500. The van der Waals surface area contributed by atoms with Gasteiger partial charge < -0.3 is 19.8 Å². The van der Waals surface area contributed by atoms with Crippen molar-refractivity contribution in [3.8, 4) is 5.75 Å². The number of aliphatic hydroxyl groups is 1. The minimum absolute atomic E-state index is 0.0645. The van der Waals surface area contributed by atoms with Crippen LogP contribution in [-0.4, -0.2) is 46.0 Å². The molecule has 0 radical (unpaired) electrons. The van der Waals surface area contributed by atoms with Crippen molar-refractivity contribution in [3.05, 3.63) is 27.7 Å². The summed E-state index contributed by atoms with van der Waals surface area (Å²) in [5.41, 5.74) is -0.376.